The van der Waals surface area contributed by atoms with Gasteiger partial charge in [-0.05, 0) is 58.4 Å². The quantitative estimate of drug-likeness (QED) is 0.259. The zero-order valence-electron chi connectivity index (χ0n) is 21.1. The van der Waals surface area contributed by atoms with E-state index in [1.807, 2.05) is 69.6 Å². The van der Waals surface area contributed by atoms with E-state index >= 15 is 0 Å². The number of aromatic nitrogens is 5. The van der Waals surface area contributed by atoms with E-state index in [1.165, 1.54) is 23.1 Å². The summed E-state index contributed by atoms with van der Waals surface area (Å²) in [4.78, 5) is 26.3. The molecular formula is C25H28N6O3S2. The summed E-state index contributed by atoms with van der Waals surface area (Å²) < 4.78 is 8.88. The van der Waals surface area contributed by atoms with E-state index in [9.17, 15) is 9.59 Å². The monoisotopic (exact) mass is 524 g/mol. The van der Waals surface area contributed by atoms with Gasteiger partial charge in [0.1, 0.15) is 10.7 Å². The number of anilines is 1. The number of nitrogens with one attached hydrogen (secondary N) is 1. The molecule has 9 nitrogen and oxygen atoms in total. The SMILES string of the molecule is CCOC(=O)c1c(NC(=O)CSc2nnc(-c3cc(C)nn3C)n2-c2ccc(C)cc2)sc(C)c1C. The molecule has 1 aromatic carbocycles. The van der Waals surface area contributed by atoms with Crippen molar-refractivity contribution >= 4 is 40.0 Å². The lowest BCUT2D eigenvalue weighted by Gasteiger charge is -2.11. The molecular weight excluding hydrogens is 496 g/mol. The predicted octanol–water partition coefficient (Wildman–Crippen LogP) is 4.87. The highest BCUT2D eigenvalue weighted by molar-refractivity contribution is 7.99. The van der Waals surface area contributed by atoms with Crippen molar-refractivity contribution in [2.24, 2.45) is 7.05 Å². The molecule has 3 aromatic heterocycles. The molecule has 0 radical (unpaired) electrons. The number of ether oxygens (including phenoxy) is 1. The van der Waals surface area contributed by atoms with Crippen molar-refractivity contribution in [3.63, 3.8) is 0 Å². The van der Waals surface area contributed by atoms with Gasteiger partial charge in [0.05, 0.1) is 23.6 Å². The maximum atomic E-state index is 12.9. The first-order valence-electron chi connectivity index (χ1n) is 11.4. The average Bonchev–Trinajstić information content (AvgIpc) is 3.47. The number of hydrogen-bond acceptors (Lipinski definition) is 8. The number of nitrogens with zero attached hydrogens (tertiary/aromatic N) is 5. The van der Waals surface area contributed by atoms with Gasteiger partial charge in [-0.25, -0.2) is 4.79 Å². The Kier molecular flexibility index (Phi) is 7.60. The van der Waals surface area contributed by atoms with Crippen LogP contribution in [0.1, 0.15) is 39.0 Å². The Morgan fingerprint density at radius 2 is 1.83 bits per heavy atom. The van der Waals surface area contributed by atoms with Crippen molar-refractivity contribution < 1.29 is 14.3 Å². The molecule has 4 rings (SSSR count). The Balaban J connectivity index is 1.60. The van der Waals surface area contributed by atoms with Crippen molar-refractivity contribution in [2.45, 2.75) is 39.8 Å². The van der Waals surface area contributed by atoms with Crippen molar-refractivity contribution in [1.29, 1.82) is 0 Å². The third kappa shape index (κ3) is 5.21. The highest BCUT2D eigenvalue weighted by atomic mass is 32.2. The van der Waals surface area contributed by atoms with Gasteiger partial charge < -0.3 is 10.1 Å². The summed E-state index contributed by atoms with van der Waals surface area (Å²) in [6.45, 7) is 9.75. The molecule has 4 aromatic rings. The van der Waals surface area contributed by atoms with E-state index in [0.717, 1.165) is 33.1 Å². The summed E-state index contributed by atoms with van der Waals surface area (Å²) in [5.41, 5.74) is 4.94. The first-order valence-corrected chi connectivity index (χ1v) is 13.2. The van der Waals surface area contributed by atoms with Crippen LogP contribution in [0.3, 0.4) is 0 Å². The van der Waals surface area contributed by atoms with Crippen LogP contribution in [-0.2, 0) is 16.6 Å². The topological polar surface area (TPSA) is 104 Å². The first-order chi connectivity index (χ1) is 17.2. The number of carbonyl (C=O) groups excluding carboxylic acids is 2. The zero-order chi connectivity index (χ0) is 26.0. The molecule has 11 heteroatoms. The molecule has 0 bridgehead atoms. The normalized spacial score (nSPS) is 11.1. The second-order valence-corrected chi connectivity index (χ2v) is 10.5. The molecule has 0 atom stereocenters. The third-order valence-corrected chi connectivity index (χ3v) is 7.66. The molecule has 36 heavy (non-hydrogen) atoms. The number of amides is 1. The summed E-state index contributed by atoms with van der Waals surface area (Å²) in [6, 6.07) is 9.99. The number of thiophene rings is 1. The van der Waals surface area contributed by atoms with Crippen LogP contribution < -0.4 is 5.32 Å². The van der Waals surface area contributed by atoms with E-state index in [0.29, 0.717) is 21.5 Å². The molecule has 3 heterocycles. The Hall–Kier alpha value is -3.44. The van der Waals surface area contributed by atoms with Crippen molar-refractivity contribution in [1.82, 2.24) is 24.5 Å². The number of benzene rings is 1. The van der Waals surface area contributed by atoms with Gasteiger partial charge in [-0.1, -0.05) is 29.5 Å². The Morgan fingerprint density at radius 1 is 1.11 bits per heavy atom. The number of hydrogen-bond donors (Lipinski definition) is 1. The van der Waals surface area contributed by atoms with Crippen molar-refractivity contribution in [3.8, 4) is 17.2 Å². The fourth-order valence-electron chi connectivity index (χ4n) is 3.73. The number of esters is 1. The molecule has 0 aliphatic carbocycles. The van der Waals surface area contributed by atoms with Crippen LogP contribution in [-0.4, -0.2) is 48.8 Å². The lowest BCUT2D eigenvalue weighted by atomic mass is 10.1. The van der Waals surface area contributed by atoms with Gasteiger partial charge in [0.25, 0.3) is 0 Å². The van der Waals surface area contributed by atoms with Crippen molar-refractivity contribution in [3.05, 3.63) is 57.6 Å². The molecule has 188 valence electrons. The van der Waals surface area contributed by atoms with Crippen LogP contribution in [0.5, 0.6) is 0 Å². The summed E-state index contributed by atoms with van der Waals surface area (Å²) in [5.74, 6) is 0.0480. The second kappa shape index (κ2) is 10.7. The van der Waals surface area contributed by atoms with E-state index in [1.54, 1.807) is 11.6 Å². The van der Waals surface area contributed by atoms with Gasteiger partial charge in [0, 0.05) is 17.6 Å². The van der Waals surface area contributed by atoms with Crippen LogP contribution >= 0.6 is 23.1 Å². The predicted molar refractivity (Wildman–Crippen MR) is 142 cm³/mol. The average molecular weight is 525 g/mol. The van der Waals surface area contributed by atoms with E-state index in [4.69, 9.17) is 4.74 Å². The second-order valence-electron chi connectivity index (χ2n) is 8.32. The highest BCUT2D eigenvalue weighted by Gasteiger charge is 2.23. The molecule has 0 fully saturated rings. The van der Waals surface area contributed by atoms with Crippen LogP contribution in [0.4, 0.5) is 5.00 Å². The fraction of sp³-hybridized carbons (Fsp3) is 0.320. The zero-order valence-corrected chi connectivity index (χ0v) is 22.7. The van der Waals surface area contributed by atoms with Gasteiger partial charge in [-0.15, -0.1) is 21.5 Å². The van der Waals surface area contributed by atoms with Gasteiger partial charge >= 0.3 is 5.97 Å². The van der Waals surface area contributed by atoms with Crippen LogP contribution in [0.25, 0.3) is 17.2 Å². The Labute approximate surface area is 217 Å². The molecule has 0 aliphatic rings. The maximum Gasteiger partial charge on any atom is 0.341 e. The molecule has 0 spiro atoms. The summed E-state index contributed by atoms with van der Waals surface area (Å²) in [5, 5.41) is 17.2. The molecule has 0 unspecified atom stereocenters. The summed E-state index contributed by atoms with van der Waals surface area (Å²) in [6.07, 6.45) is 0. The van der Waals surface area contributed by atoms with Crippen LogP contribution in [0, 0.1) is 27.7 Å². The Bertz CT molecular complexity index is 1420. The van der Waals surface area contributed by atoms with Crippen LogP contribution in [0.15, 0.2) is 35.5 Å². The van der Waals surface area contributed by atoms with E-state index < -0.39 is 5.97 Å². The molecule has 0 saturated heterocycles. The number of thioether (sulfide) groups is 1. The lowest BCUT2D eigenvalue weighted by molar-refractivity contribution is -0.113. The summed E-state index contributed by atoms with van der Waals surface area (Å²) >= 11 is 2.64. The molecule has 1 N–H and O–H groups in total. The first kappa shape index (κ1) is 25.6. The fourth-order valence-corrected chi connectivity index (χ4v) is 5.55. The molecule has 0 saturated carbocycles. The Morgan fingerprint density at radius 3 is 2.47 bits per heavy atom. The van der Waals surface area contributed by atoms with Crippen molar-refractivity contribution in [2.75, 3.05) is 17.7 Å². The molecule has 0 aliphatic heterocycles. The van der Waals surface area contributed by atoms with Gasteiger partial charge in [-0.3, -0.25) is 14.0 Å². The maximum absolute atomic E-state index is 12.9. The number of rotatable bonds is 8. The lowest BCUT2D eigenvalue weighted by Crippen LogP contribution is -2.17. The standard InChI is InChI=1S/C25H28N6O3S2/c1-7-34-24(33)21-16(4)17(5)36-23(21)26-20(32)13-35-25-28-27-22(19-12-15(3)29-30(19)6)31(25)18-10-8-14(2)9-11-18/h8-12H,7,13H2,1-6H3,(H,26,32). The smallest absolute Gasteiger partial charge is 0.341 e. The minimum atomic E-state index is -0.433. The minimum Gasteiger partial charge on any atom is -0.462 e. The third-order valence-electron chi connectivity index (χ3n) is 5.61. The van der Waals surface area contributed by atoms with Gasteiger partial charge in [0.2, 0.25) is 5.91 Å². The van der Waals surface area contributed by atoms with E-state index in [-0.39, 0.29) is 18.3 Å². The number of carbonyl (C=O) groups is 2. The van der Waals surface area contributed by atoms with Crippen LogP contribution in [0.2, 0.25) is 0 Å². The largest absolute Gasteiger partial charge is 0.462 e. The highest BCUT2D eigenvalue weighted by Crippen LogP contribution is 2.34. The van der Waals surface area contributed by atoms with Gasteiger partial charge in [-0.2, -0.15) is 5.10 Å². The minimum absolute atomic E-state index is 0.0900. The molecule has 1 amide bonds. The summed E-state index contributed by atoms with van der Waals surface area (Å²) in [7, 11) is 1.86. The van der Waals surface area contributed by atoms with E-state index in [2.05, 4.69) is 20.6 Å². The number of aryl methyl sites for hydroxylation is 4. The van der Waals surface area contributed by atoms with Gasteiger partial charge in [0.15, 0.2) is 11.0 Å².